The second-order valence-electron chi connectivity index (χ2n) is 9.73. The monoisotopic (exact) mass is 594 g/mol. The molecule has 4 N–H and O–H groups in total. The molecule has 2 aromatic heterocycles. The zero-order valence-corrected chi connectivity index (χ0v) is 25.5. The van der Waals surface area contributed by atoms with Crippen LogP contribution >= 0.6 is 0 Å². The van der Waals surface area contributed by atoms with E-state index < -0.39 is 0 Å². The summed E-state index contributed by atoms with van der Waals surface area (Å²) in [7, 11) is 3.15. The first kappa shape index (κ1) is 33.1. The molecule has 0 unspecified atom stereocenters. The molecule has 3 rings (SSSR count). The molecule has 2 heterocycles. The number of methoxy groups -OCH3 is 2. The van der Waals surface area contributed by atoms with Crippen molar-refractivity contribution in [2.45, 2.75) is 47.1 Å². The average molecular weight is 595 g/mol. The number of carbonyl (C=O) groups is 2. The highest BCUT2D eigenvalue weighted by atomic mass is 16.5. The van der Waals surface area contributed by atoms with Crippen molar-refractivity contribution < 1.29 is 28.5 Å². The maximum Gasteiger partial charge on any atom is 0.220 e. The van der Waals surface area contributed by atoms with Gasteiger partial charge in [-0.05, 0) is 35.7 Å². The molecule has 0 aliphatic carbocycles. The molecule has 0 fully saturated rings. The van der Waals surface area contributed by atoms with Gasteiger partial charge in [0.05, 0.1) is 14.2 Å². The van der Waals surface area contributed by atoms with Crippen LogP contribution in [0.2, 0.25) is 0 Å². The van der Waals surface area contributed by atoms with Crippen molar-refractivity contribution in [2.75, 3.05) is 40.4 Å². The number of hydrogen-bond acceptors (Lipinski definition) is 10. The highest BCUT2D eigenvalue weighted by Crippen LogP contribution is 2.24. The summed E-state index contributed by atoms with van der Waals surface area (Å²) in [6.45, 7) is 9.16. The Hall–Kier alpha value is -4.42. The number of benzene rings is 1. The van der Waals surface area contributed by atoms with Crippen LogP contribution in [0.15, 0.2) is 42.5 Å². The Morgan fingerprint density at radius 1 is 0.651 bits per heavy atom. The average Bonchev–Trinajstić information content (AvgIpc) is 3.00. The SMILES string of the molecule is COc1nc(OCc2cccc(COc3ccc(CNCCNC(C)=O)c(OC)n3)c2C)ccc1CNCCNC(C)=O. The lowest BCUT2D eigenvalue weighted by molar-refractivity contribution is -0.119. The van der Waals surface area contributed by atoms with E-state index in [9.17, 15) is 9.59 Å². The fraction of sp³-hybridized carbons (Fsp3) is 0.419. The number of pyridine rings is 2. The molecule has 1 aromatic carbocycles. The lowest BCUT2D eigenvalue weighted by Crippen LogP contribution is -2.30. The number of ether oxygens (including phenoxy) is 4. The first-order valence-electron chi connectivity index (χ1n) is 14.1. The summed E-state index contributed by atoms with van der Waals surface area (Å²) in [4.78, 5) is 31.0. The van der Waals surface area contributed by atoms with E-state index in [1.54, 1.807) is 14.2 Å². The van der Waals surface area contributed by atoms with Gasteiger partial charge in [-0.2, -0.15) is 9.97 Å². The van der Waals surface area contributed by atoms with Gasteiger partial charge in [-0.25, -0.2) is 0 Å². The summed E-state index contributed by atoms with van der Waals surface area (Å²) >= 11 is 0. The minimum absolute atomic E-state index is 0.0549. The van der Waals surface area contributed by atoms with Crippen LogP contribution in [-0.4, -0.2) is 62.2 Å². The molecular weight excluding hydrogens is 552 g/mol. The van der Waals surface area contributed by atoms with Crippen molar-refractivity contribution >= 4 is 11.8 Å². The van der Waals surface area contributed by atoms with Gasteiger partial charge >= 0.3 is 0 Å². The van der Waals surface area contributed by atoms with E-state index in [-0.39, 0.29) is 11.8 Å². The number of nitrogens with one attached hydrogen (secondary N) is 4. The van der Waals surface area contributed by atoms with Gasteiger partial charge in [0, 0.05) is 76.4 Å². The van der Waals surface area contributed by atoms with Crippen molar-refractivity contribution in [2.24, 2.45) is 0 Å². The second kappa shape index (κ2) is 17.5. The zero-order valence-electron chi connectivity index (χ0n) is 25.5. The summed E-state index contributed by atoms with van der Waals surface area (Å²) in [6, 6.07) is 13.5. The second-order valence-corrected chi connectivity index (χ2v) is 9.73. The lowest BCUT2D eigenvalue weighted by Gasteiger charge is -2.15. The first-order valence-corrected chi connectivity index (χ1v) is 14.1. The Balaban J connectivity index is 1.54. The van der Waals surface area contributed by atoms with Crippen LogP contribution in [0.3, 0.4) is 0 Å². The van der Waals surface area contributed by atoms with E-state index in [4.69, 9.17) is 18.9 Å². The molecule has 0 saturated heterocycles. The highest BCUT2D eigenvalue weighted by molar-refractivity contribution is 5.73. The zero-order chi connectivity index (χ0) is 31.0. The lowest BCUT2D eigenvalue weighted by atomic mass is 10.0. The Labute approximate surface area is 252 Å². The Morgan fingerprint density at radius 3 is 1.49 bits per heavy atom. The van der Waals surface area contributed by atoms with Crippen molar-refractivity contribution in [3.8, 4) is 23.5 Å². The molecule has 12 heteroatoms. The summed E-state index contributed by atoms with van der Waals surface area (Å²) in [5.74, 6) is 1.78. The van der Waals surface area contributed by atoms with Crippen LogP contribution in [0, 0.1) is 6.92 Å². The molecule has 3 aromatic rings. The van der Waals surface area contributed by atoms with E-state index >= 15 is 0 Å². The molecule has 0 spiro atoms. The molecule has 0 aliphatic heterocycles. The minimum atomic E-state index is -0.0549. The number of amides is 2. The van der Waals surface area contributed by atoms with Crippen LogP contribution in [0.5, 0.6) is 23.5 Å². The van der Waals surface area contributed by atoms with E-state index in [2.05, 4.69) is 31.2 Å². The largest absolute Gasteiger partial charge is 0.481 e. The minimum Gasteiger partial charge on any atom is -0.481 e. The van der Waals surface area contributed by atoms with Crippen molar-refractivity contribution in [1.29, 1.82) is 0 Å². The number of rotatable bonds is 18. The third kappa shape index (κ3) is 11.1. The van der Waals surface area contributed by atoms with Crippen LogP contribution in [-0.2, 0) is 35.9 Å². The van der Waals surface area contributed by atoms with E-state index in [0.29, 0.717) is 76.0 Å². The number of carbonyl (C=O) groups excluding carboxylic acids is 2. The quantitative estimate of drug-likeness (QED) is 0.162. The molecule has 12 nitrogen and oxygen atoms in total. The molecule has 0 aliphatic rings. The number of nitrogens with zero attached hydrogens (tertiary/aromatic N) is 2. The maximum atomic E-state index is 11.0. The topological polar surface area (TPSA) is 145 Å². The smallest absolute Gasteiger partial charge is 0.220 e. The van der Waals surface area contributed by atoms with Crippen LogP contribution in [0.4, 0.5) is 0 Å². The Morgan fingerprint density at radius 2 is 1.09 bits per heavy atom. The van der Waals surface area contributed by atoms with Gasteiger partial charge in [0.2, 0.25) is 35.3 Å². The Bertz CT molecular complexity index is 1250. The molecule has 0 bridgehead atoms. The molecule has 43 heavy (non-hydrogen) atoms. The Kier molecular flexibility index (Phi) is 13.5. The molecule has 232 valence electrons. The van der Waals surface area contributed by atoms with E-state index in [1.165, 1.54) is 13.8 Å². The molecule has 0 saturated carbocycles. The summed E-state index contributed by atoms with van der Waals surface area (Å²) in [5.41, 5.74) is 4.86. The number of aromatic nitrogens is 2. The van der Waals surface area contributed by atoms with Crippen molar-refractivity contribution in [3.63, 3.8) is 0 Å². The first-order chi connectivity index (χ1) is 20.8. The van der Waals surface area contributed by atoms with Gasteiger partial charge in [-0.3, -0.25) is 9.59 Å². The third-order valence-corrected chi connectivity index (χ3v) is 6.51. The standard InChI is InChI=1S/C31H42N6O6/c1-21-26(19-42-28-11-9-24(30(36-28)40-4)17-32-13-15-34-22(2)38)7-6-8-27(21)20-43-29-12-10-25(31(37-29)41-5)18-33-14-16-35-23(3)39/h6-12,32-33H,13-20H2,1-5H3,(H,34,38)(H,35,39). The summed E-state index contributed by atoms with van der Waals surface area (Å²) in [5, 5.41) is 12.0. The van der Waals surface area contributed by atoms with Gasteiger partial charge in [0.25, 0.3) is 0 Å². The van der Waals surface area contributed by atoms with Gasteiger partial charge in [-0.15, -0.1) is 0 Å². The van der Waals surface area contributed by atoms with Gasteiger partial charge in [0.15, 0.2) is 0 Å². The normalized spacial score (nSPS) is 10.6. The van der Waals surface area contributed by atoms with Crippen LogP contribution < -0.4 is 40.2 Å². The molecule has 0 atom stereocenters. The van der Waals surface area contributed by atoms with Crippen molar-refractivity contribution in [3.05, 3.63) is 70.3 Å². The molecule has 0 radical (unpaired) electrons. The third-order valence-electron chi connectivity index (χ3n) is 6.51. The summed E-state index contributed by atoms with van der Waals surface area (Å²) < 4.78 is 22.9. The molecule has 2 amide bonds. The summed E-state index contributed by atoms with van der Waals surface area (Å²) in [6.07, 6.45) is 0. The fourth-order valence-corrected chi connectivity index (χ4v) is 4.14. The van der Waals surface area contributed by atoms with E-state index in [1.807, 2.05) is 49.4 Å². The van der Waals surface area contributed by atoms with Crippen LogP contribution in [0.25, 0.3) is 0 Å². The van der Waals surface area contributed by atoms with E-state index in [0.717, 1.165) is 27.8 Å². The van der Waals surface area contributed by atoms with Gasteiger partial charge < -0.3 is 40.2 Å². The van der Waals surface area contributed by atoms with Crippen molar-refractivity contribution in [1.82, 2.24) is 31.2 Å². The predicted molar refractivity (Wildman–Crippen MR) is 162 cm³/mol. The molecular formula is C31H42N6O6. The maximum absolute atomic E-state index is 11.0. The van der Waals surface area contributed by atoms with Gasteiger partial charge in [-0.1, -0.05) is 18.2 Å². The predicted octanol–water partition coefficient (Wildman–Crippen LogP) is 2.41. The number of hydrogen-bond donors (Lipinski definition) is 4. The highest BCUT2D eigenvalue weighted by Gasteiger charge is 2.11. The van der Waals surface area contributed by atoms with Gasteiger partial charge in [0.1, 0.15) is 13.2 Å². The fourth-order valence-electron chi connectivity index (χ4n) is 4.14. The van der Waals surface area contributed by atoms with Crippen LogP contribution in [0.1, 0.15) is 41.7 Å².